The molecule has 13 rings (SSSR count). The highest BCUT2D eigenvalue weighted by Gasteiger charge is 2.39. The van der Waals surface area contributed by atoms with Gasteiger partial charge in [0, 0.05) is 50.4 Å². The topological polar surface area (TPSA) is 6.48 Å². The second-order valence-corrected chi connectivity index (χ2v) is 23.5. The molecule has 0 atom stereocenters. The molecule has 0 aromatic heterocycles. The zero-order chi connectivity index (χ0) is 54.5. The highest BCUT2D eigenvalue weighted by molar-refractivity contribution is 5.90. The van der Waals surface area contributed by atoms with Gasteiger partial charge in [-0.25, -0.2) is 8.78 Å². The molecule has 0 fully saturated rings. The van der Waals surface area contributed by atoms with Crippen LogP contribution in [0.5, 0.6) is 0 Å². The monoisotopic (exact) mass is 1030 g/mol. The van der Waals surface area contributed by atoms with Gasteiger partial charge in [0.2, 0.25) is 0 Å². The van der Waals surface area contributed by atoms with Crippen LogP contribution in [0.25, 0.3) is 57.7 Å². The van der Waals surface area contributed by atoms with Crippen LogP contribution in [0.3, 0.4) is 0 Å². The lowest BCUT2D eigenvalue weighted by Crippen LogP contribution is -2.16. The van der Waals surface area contributed by atoms with E-state index in [1.54, 1.807) is 0 Å². The normalized spacial score (nSPS) is 14.7. The lowest BCUT2D eigenvalue weighted by Gasteiger charge is -2.28. The van der Waals surface area contributed by atoms with Crippen molar-refractivity contribution in [1.29, 1.82) is 0 Å². The minimum absolute atomic E-state index is 0.181. The minimum atomic E-state index is -0.249. The summed E-state index contributed by atoms with van der Waals surface area (Å²) >= 11 is 0. The third-order valence-corrected chi connectivity index (χ3v) is 17.2. The molecule has 0 saturated carbocycles. The van der Waals surface area contributed by atoms with Crippen LogP contribution in [-0.2, 0) is 16.2 Å². The molecule has 0 bridgehead atoms. The predicted molar refractivity (Wildman–Crippen MR) is 329 cm³/mol. The number of anilines is 6. The summed E-state index contributed by atoms with van der Waals surface area (Å²) in [5.41, 5.74) is 27.9. The Kier molecular flexibility index (Phi) is 11.7. The lowest BCUT2D eigenvalue weighted by molar-refractivity contribution is 0.627. The van der Waals surface area contributed by atoms with Crippen LogP contribution >= 0.6 is 0 Å². The molecular weight excluding hydrogens is 967 g/mol. The van der Waals surface area contributed by atoms with Crippen molar-refractivity contribution in [3.8, 4) is 33.4 Å². The number of hydrogen-bond acceptors (Lipinski definition) is 2. The van der Waals surface area contributed by atoms with Crippen LogP contribution in [-0.4, -0.2) is 0 Å². The molecule has 0 spiro atoms. The van der Waals surface area contributed by atoms with Gasteiger partial charge in [-0.2, -0.15) is 0 Å². The lowest BCUT2D eigenvalue weighted by atomic mass is 9.81. The number of hydrogen-bond donors (Lipinski definition) is 0. The molecule has 0 heterocycles. The maximum Gasteiger partial charge on any atom is 0.123 e. The molecule has 79 heavy (non-hydrogen) atoms. The largest absolute Gasteiger partial charge is 0.310 e. The van der Waals surface area contributed by atoms with Gasteiger partial charge in [0.05, 0.1) is 0 Å². The van der Waals surface area contributed by atoms with Crippen molar-refractivity contribution in [2.75, 3.05) is 9.80 Å². The van der Waals surface area contributed by atoms with E-state index < -0.39 is 0 Å². The van der Waals surface area contributed by atoms with Crippen LogP contribution < -0.4 is 9.80 Å². The van der Waals surface area contributed by atoms with Gasteiger partial charge >= 0.3 is 0 Å². The molecule has 4 heteroatoms. The summed E-state index contributed by atoms with van der Waals surface area (Å²) in [5.74, 6) is -0.497. The summed E-state index contributed by atoms with van der Waals surface area (Å²) in [4.78, 5) is 4.44. The quantitative estimate of drug-likeness (QED) is 0.126. The van der Waals surface area contributed by atoms with Crippen LogP contribution in [0.2, 0.25) is 0 Å². The number of rotatable bonds is 10. The molecule has 0 amide bonds. The van der Waals surface area contributed by atoms with Crippen LogP contribution in [0.15, 0.2) is 206 Å². The van der Waals surface area contributed by atoms with Crippen molar-refractivity contribution in [1.82, 2.24) is 0 Å². The molecule has 0 saturated heterocycles. The molecule has 3 aliphatic rings. The zero-order valence-electron chi connectivity index (χ0n) is 46.1. The van der Waals surface area contributed by atoms with E-state index in [0.29, 0.717) is 0 Å². The van der Waals surface area contributed by atoms with Crippen molar-refractivity contribution in [2.45, 2.75) is 71.6 Å². The first-order chi connectivity index (χ1) is 38.0. The van der Waals surface area contributed by atoms with Gasteiger partial charge in [-0.05, 0) is 211 Å². The van der Waals surface area contributed by atoms with E-state index in [2.05, 4.69) is 247 Å². The van der Waals surface area contributed by atoms with Gasteiger partial charge < -0.3 is 9.80 Å². The van der Waals surface area contributed by atoms with Crippen molar-refractivity contribution in [3.63, 3.8) is 0 Å². The third-order valence-electron chi connectivity index (χ3n) is 17.2. The van der Waals surface area contributed by atoms with Gasteiger partial charge in [-0.3, -0.25) is 0 Å². The van der Waals surface area contributed by atoms with Gasteiger partial charge in [0.25, 0.3) is 0 Å². The maximum atomic E-state index is 14.2. The van der Waals surface area contributed by atoms with Crippen LogP contribution in [0.4, 0.5) is 42.9 Å². The Balaban J connectivity index is 0.731. The Morgan fingerprint density at radius 3 is 0.823 bits per heavy atom. The summed E-state index contributed by atoms with van der Waals surface area (Å²) in [7, 11) is 0. The molecule has 0 radical (unpaired) electrons. The fourth-order valence-electron chi connectivity index (χ4n) is 12.9. The van der Waals surface area contributed by atoms with Gasteiger partial charge in [0.1, 0.15) is 11.6 Å². The fourth-order valence-corrected chi connectivity index (χ4v) is 12.9. The van der Waals surface area contributed by atoms with Crippen molar-refractivity contribution in [3.05, 3.63) is 285 Å². The first kappa shape index (κ1) is 49.7. The Morgan fingerprint density at radius 2 is 0.532 bits per heavy atom. The van der Waals surface area contributed by atoms with Gasteiger partial charge in [-0.1, -0.05) is 175 Å². The van der Waals surface area contributed by atoms with Gasteiger partial charge in [0.15, 0.2) is 0 Å². The molecule has 386 valence electrons. The van der Waals surface area contributed by atoms with Crippen LogP contribution in [0.1, 0.15) is 108 Å². The smallest absolute Gasteiger partial charge is 0.123 e. The van der Waals surface area contributed by atoms with Gasteiger partial charge in [-0.15, -0.1) is 0 Å². The standard InChI is InChI=1S/C75H62F2N2/c1-47-11-9-13-57(39-47)78(55-27-23-53(76)24-28-55)59-31-37-65-63-35-21-51(43-69(63)74(5,6)71(65)45-59)17-15-49-19-33-61-62-34-20-50(42-68(62)73(3,4)67(61)41-49)16-18-52-22-36-64-66-38-32-60(46-72(66)75(7,8)70(64)44-52)79(56-29-25-54(77)26-30-56)58-14-10-12-48(2)40-58/h9-46H,1-8H3. The first-order valence-corrected chi connectivity index (χ1v) is 27.5. The van der Waals surface area contributed by atoms with E-state index >= 15 is 0 Å². The molecule has 10 aromatic rings. The van der Waals surface area contributed by atoms with E-state index in [9.17, 15) is 8.78 Å². The SMILES string of the molecule is Cc1cccc(N(c2ccc(F)cc2)c2ccc3c(c2)C(C)(C)c2cc(C=Cc4ccc5c(c4)C(C)(C)c4cc(C=Cc6ccc7c(c6)C(C)(C)c6cc(N(c8ccc(F)cc8)c8cccc(C)c8)ccc6-7)ccc4-5)ccc2-3)c1. The molecule has 0 N–H and O–H groups in total. The second kappa shape index (κ2) is 18.7. The number of halogens is 2. The molecule has 10 aromatic carbocycles. The van der Waals surface area contributed by atoms with Crippen molar-refractivity contribution >= 4 is 58.4 Å². The summed E-state index contributed by atoms with van der Waals surface area (Å²) in [6, 6.07) is 71.7. The number of fused-ring (bicyclic) bond motifs is 9. The second-order valence-electron chi connectivity index (χ2n) is 23.5. The number of benzene rings is 10. The Morgan fingerprint density at radius 1 is 0.278 bits per heavy atom. The Bertz CT molecular complexity index is 3890. The highest BCUT2D eigenvalue weighted by Crippen LogP contribution is 2.54. The average Bonchev–Trinajstić information content (AvgIpc) is 3.89. The molecule has 0 aliphatic heterocycles. The van der Waals surface area contributed by atoms with E-state index in [1.165, 1.54) is 124 Å². The number of aryl methyl sites for hydroxylation is 2. The maximum absolute atomic E-state index is 14.2. The van der Waals surface area contributed by atoms with Crippen molar-refractivity contribution in [2.24, 2.45) is 0 Å². The predicted octanol–water partition coefficient (Wildman–Crippen LogP) is 20.8. The van der Waals surface area contributed by atoms with E-state index in [4.69, 9.17) is 0 Å². The summed E-state index contributed by atoms with van der Waals surface area (Å²) in [5, 5.41) is 0. The van der Waals surface area contributed by atoms with E-state index in [-0.39, 0.29) is 27.9 Å². The van der Waals surface area contributed by atoms with Crippen LogP contribution in [0, 0.1) is 25.5 Å². The molecular formula is C75H62F2N2. The zero-order valence-corrected chi connectivity index (χ0v) is 46.1. The summed E-state index contributed by atoms with van der Waals surface area (Å²) in [6.45, 7) is 18.2. The van der Waals surface area contributed by atoms with E-state index in [0.717, 1.165) is 34.1 Å². The third kappa shape index (κ3) is 8.53. The average molecular weight is 1030 g/mol. The molecule has 0 unspecified atom stereocenters. The highest BCUT2D eigenvalue weighted by atomic mass is 19.1. The fraction of sp³-hybridized carbons (Fsp3) is 0.147. The first-order valence-electron chi connectivity index (χ1n) is 27.5. The Hall–Kier alpha value is -8.86. The number of nitrogens with zero attached hydrogens (tertiary/aromatic N) is 2. The summed E-state index contributed by atoms with van der Waals surface area (Å²) < 4.78 is 28.3. The molecule has 3 aliphatic carbocycles. The van der Waals surface area contributed by atoms with E-state index in [1.807, 2.05) is 24.3 Å². The molecule has 2 nitrogen and oxygen atoms in total. The summed E-state index contributed by atoms with van der Waals surface area (Å²) in [6.07, 6.45) is 9.03. The minimum Gasteiger partial charge on any atom is -0.310 e. The van der Waals surface area contributed by atoms with Crippen molar-refractivity contribution < 1.29 is 8.78 Å². The Labute approximate surface area is 464 Å².